The molecule has 0 bridgehead atoms. The van der Waals surface area contributed by atoms with E-state index in [1.165, 1.54) is 19.3 Å². The fourth-order valence-electron chi connectivity index (χ4n) is 2.76. The summed E-state index contributed by atoms with van der Waals surface area (Å²) in [5, 5.41) is 18.1. The fourth-order valence-corrected chi connectivity index (χ4v) is 2.76. The van der Waals surface area contributed by atoms with E-state index in [9.17, 15) is 5.11 Å². The molecule has 0 aliphatic heterocycles. The summed E-state index contributed by atoms with van der Waals surface area (Å²) in [6.45, 7) is 6.82. The lowest BCUT2D eigenvalue weighted by Gasteiger charge is -2.36. The van der Waals surface area contributed by atoms with E-state index in [4.69, 9.17) is 9.84 Å². The third kappa shape index (κ3) is 5.36. The first kappa shape index (κ1) is 14.9. The van der Waals surface area contributed by atoms with Gasteiger partial charge in [0.1, 0.15) is 6.10 Å². The highest BCUT2D eigenvalue weighted by Gasteiger charge is 2.30. The lowest BCUT2D eigenvalue weighted by molar-refractivity contribution is -0.0722. The van der Waals surface area contributed by atoms with Gasteiger partial charge in [-0.2, -0.15) is 0 Å². The van der Waals surface area contributed by atoms with Crippen LogP contribution in [0.2, 0.25) is 0 Å². The van der Waals surface area contributed by atoms with Gasteiger partial charge in [0, 0.05) is 0 Å². The van der Waals surface area contributed by atoms with Gasteiger partial charge in [0.25, 0.3) is 0 Å². The molecule has 3 heteroatoms. The lowest BCUT2D eigenvalue weighted by Crippen LogP contribution is -2.34. The Morgan fingerprint density at radius 1 is 1.29 bits per heavy atom. The van der Waals surface area contributed by atoms with E-state index < -0.39 is 6.10 Å². The van der Waals surface area contributed by atoms with Crippen LogP contribution in [0.3, 0.4) is 0 Å². The maximum absolute atomic E-state index is 9.35. The van der Waals surface area contributed by atoms with Crippen LogP contribution in [0.15, 0.2) is 0 Å². The predicted octanol–water partition coefficient (Wildman–Crippen LogP) is 2.21. The molecule has 0 saturated heterocycles. The largest absolute Gasteiger partial charge is 0.394 e. The van der Waals surface area contributed by atoms with Crippen molar-refractivity contribution in [3.05, 3.63) is 0 Å². The van der Waals surface area contributed by atoms with Gasteiger partial charge in [-0.15, -0.1) is 0 Å². The molecule has 1 fully saturated rings. The Kier molecular flexibility index (Phi) is 6.45. The quantitative estimate of drug-likeness (QED) is 0.753. The first-order chi connectivity index (χ1) is 8.02. The average molecular weight is 244 g/mol. The Morgan fingerprint density at radius 2 is 2.00 bits per heavy atom. The number of hydrogen-bond acceptors (Lipinski definition) is 3. The molecule has 1 aliphatic rings. The van der Waals surface area contributed by atoms with Crippen molar-refractivity contribution < 1.29 is 14.9 Å². The molecule has 0 spiro atoms. The molecule has 1 unspecified atom stereocenters. The van der Waals surface area contributed by atoms with Crippen molar-refractivity contribution in [1.82, 2.24) is 0 Å². The number of rotatable bonds is 6. The van der Waals surface area contributed by atoms with Gasteiger partial charge in [0.15, 0.2) is 0 Å². The van der Waals surface area contributed by atoms with Crippen LogP contribution in [0, 0.1) is 17.8 Å². The molecule has 1 aliphatic carbocycles. The van der Waals surface area contributed by atoms with E-state index in [-0.39, 0.29) is 19.3 Å². The predicted molar refractivity (Wildman–Crippen MR) is 68.8 cm³/mol. The van der Waals surface area contributed by atoms with Gasteiger partial charge in [-0.05, 0) is 37.0 Å². The Bertz CT molecular complexity index is 206. The summed E-state index contributed by atoms with van der Waals surface area (Å²) in [6, 6.07) is 0. The monoisotopic (exact) mass is 244 g/mol. The molecule has 1 saturated carbocycles. The molecule has 3 nitrogen and oxygen atoms in total. The molecular weight excluding hydrogens is 216 g/mol. The van der Waals surface area contributed by atoms with Crippen LogP contribution in [0.25, 0.3) is 0 Å². The van der Waals surface area contributed by atoms with Gasteiger partial charge in [0.2, 0.25) is 0 Å². The molecule has 0 heterocycles. The van der Waals surface area contributed by atoms with E-state index >= 15 is 0 Å². The fraction of sp³-hybridized carbons (Fsp3) is 1.00. The minimum atomic E-state index is -0.730. The van der Waals surface area contributed by atoms with Gasteiger partial charge in [0.05, 0.1) is 19.3 Å². The van der Waals surface area contributed by atoms with E-state index in [0.717, 1.165) is 12.3 Å². The minimum absolute atomic E-state index is 0.211. The first-order valence-corrected chi connectivity index (χ1v) is 6.93. The Balaban J connectivity index is 2.43. The molecular formula is C14H28O3. The Morgan fingerprint density at radius 3 is 2.59 bits per heavy atom. The zero-order chi connectivity index (χ0) is 12.8. The smallest absolute Gasteiger partial charge is 0.100 e. The first-order valence-electron chi connectivity index (χ1n) is 6.93. The second kappa shape index (κ2) is 7.34. The zero-order valence-corrected chi connectivity index (χ0v) is 11.4. The zero-order valence-electron chi connectivity index (χ0n) is 11.4. The highest BCUT2D eigenvalue weighted by atomic mass is 16.5. The number of aliphatic hydroxyl groups excluding tert-OH is 2. The van der Waals surface area contributed by atoms with Crippen LogP contribution < -0.4 is 0 Å². The Labute approximate surface area is 105 Å². The summed E-state index contributed by atoms with van der Waals surface area (Å²) < 4.78 is 5.81. The van der Waals surface area contributed by atoms with Crippen LogP contribution in [0.4, 0.5) is 0 Å². The molecule has 2 N–H and O–H groups in total. The van der Waals surface area contributed by atoms with Crippen molar-refractivity contribution in [2.45, 2.75) is 58.7 Å². The van der Waals surface area contributed by atoms with Crippen molar-refractivity contribution in [3.63, 3.8) is 0 Å². The molecule has 102 valence electrons. The van der Waals surface area contributed by atoms with Crippen LogP contribution >= 0.6 is 0 Å². The lowest BCUT2D eigenvalue weighted by atomic mass is 9.77. The second-order valence-electron chi connectivity index (χ2n) is 6.02. The molecule has 0 aromatic rings. The highest BCUT2D eigenvalue weighted by molar-refractivity contribution is 4.80. The van der Waals surface area contributed by atoms with Gasteiger partial charge >= 0.3 is 0 Å². The van der Waals surface area contributed by atoms with Gasteiger partial charge in [-0.3, -0.25) is 0 Å². The SMILES string of the molecule is CC(C)C[C@@H]1CC[C@@H](C)C[C@H]1OCC(O)CO. The molecule has 0 aromatic heterocycles. The summed E-state index contributed by atoms with van der Waals surface area (Å²) in [5.41, 5.74) is 0. The van der Waals surface area contributed by atoms with Crippen molar-refractivity contribution in [3.8, 4) is 0 Å². The van der Waals surface area contributed by atoms with Crippen LogP contribution in [-0.2, 0) is 4.74 Å². The molecule has 0 aromatic carbocycles. The average Bonchev–Trinajstić information content (AvgIpc) is 2.28. The molecule has 4 atom stereocenters. The molecule has 0 amide bonds. The standard InChI is InChI=1S/C14H28O3/c1-10(2)6-12-5-4-11(3)7-14(12)17-9-13(16)8-15/h10-16H,4-9H2,1-3H3/t11-,12+,13?,14-/m1/s1. The second-order valence-corrected chi connectivity index (χ2v) is 6.02. The van der Waals surface area contributed by atoms with Crippen LogP contribution in [0.1, 0.15) is 46.5 Å². The minimum Gasteiger partial charge on any atom is -0.394 e. The molecule has 0 radical (unpaired) electrons. The maximum atomic E-state index is 9.35. The van der Waals surface area contributed by atoms with Gasteiger partial charge in [-0.25, -0.2) is 0 Å². The van der Waals surface area contributed by atoms with Crippen LogP contribution in [0.5, 0.6) is 0 Å². The molecule has 17 heavy (non-hydrogen) atoms. The van der Waals surface area contributed by atoms with E-state index in [1.807, 2.05) is 0 Å². The summed E-state index contributed by atoms with van der Waals surface area (Å²) >= 11 is 0. The third-order valence-corrected chi connectivity index (χ3v) is 3.68. The number of hydrogen-bond donors (Lipinski definition) is 2. The summed E-state index contributed by atoms with van der Waals surface area (Å²) in [4.78, 5) is 0. The van der Waals surface area contributed by atoms with Gasteiger partial charge < -0.3 is 14.9 Å². The topological polar surface area (TPSA) is 49.7 Å². The van der Waals surface area contributed by atoms with Crippen molar-refractivity contribution in [1.29, 1.82) is 0 Å². The third-order valence-electron chi connectivity index (χ3n) is 3.68. The van der Waals surface area contributed by atoms with Crippen molar-refractivity contribution in [2.75, 3.05) is 13.2 Å². The number of aliphatic hydroxyl groups is 2. The summed E-state index contributed by atoms with van der Waals surface area (Å²) in [5.74, 6) is 2.04. The van der Waals surface area contributed by atoms with E-state index in [2.05, 4.69) is 20.8 Å². The van der Waals surface area contributed by atoms with Crippen molar-refractivity contribution in [2.24, 2.45) is 17.8 Å². The molecule has 1 rings (SSSR count). The number of ether oxygens (including phenoxy) is 1. The van der Waals surface area contributed by atoms with E-state index in [0.29, 0.717) is 11.8 Å². The Hall–Kier alpha value is -0.120. The van der Waals surface area contributed by atoms with Crippen molar-refractivity contribution >= 4 is 0 Å². The van der Waals surface area contributed by atoms with E-state index in [1.54, 1.807) is 0 Å². The highest BCUT2D eigenvalue weighted by Crippen LogP contribution is 2.34. The van der Waals surface area contributed by atoms with Gasteiger partial charge in [-0.1, -0.05) is 27.2 Å². The normalized spacial score (nSPS) is 31.8. The summed E-state index contributed by atoms with van der Waals surface area (Å²) in [7, 11) is 0. The maximum Gasteiger partial charge on any atom is 0.100 e. The van der Waals surface area contributed by atoms with Crippen LogP contribution in [-0.4, -0.2) is 35.6 Å². The summed E-state index contributed by atoms with van der Waals surface area (Å²) in [6.07, 6.45) is 4.36.